The highest BCUT2D eigenvalue weighted by atomic mass is 32.2. The van der Waals surface area contributed by atoms with Crippen molar-refractivity contribution < 1.29 is 36.4 Å². The van der Waals surface area contributed by atoms with Crippen LogP contribution in [0.25, 0.3) is 0 Å². The van der Waals surface area contributed by atoms with E-state index in [1.165, 1.54) is 0 Å². The molecule has 0 aromatic heterocycles. The molecule has 0 heterocycles. The van der Waals surface area contributed by atoms with Gasteiger partial charge in [0.15, 0.2) is 0 Å². The highest BCUT2D eigenvalue weighted by Gasteiger charge is 2.68. The van der Waals surface area contributed by atoms with Gasteiger partial charge in [-0.3, -0.25) is 4.55 Å². The first-order valence-corrected chi connectivity index (χ1v) is 8.56. The molecule has 9 heteroatoms. The van der Waals surface area contributed by atoms with E-state index < -0.39 is 32.4 Å². The molecule has 3 fully saturated rings. The summed E-state index contributed by atoms with van der Waals surface area (Å²) in [7, 11) is -5.85. The summed E-state index contributed by atoms with van der Waals surface area (Å²) in [4.78, 5) is 11.3. The fourth-order valence-corrected chi connectivity index (χ4v) is 5.25. The number of hydrogen-bond donors (Lipinski definition) is 2. The Balaban J connectivity index is 1.70. The molecule has 0 radical (unpaired) electrons. The maximum absolute atomic E-state index is 13.2. The summed E-state index contributed by atoms with van der Waals surface area (Å²) in [5.41, 5.74) is -1.50. The Bertz CT molecular complexity index is 616. The average Bonchev–Trinajstić information content (AvgIpc) is 2.28. The van der Waals surface area contributed by atoms with E-state index in [0.717, 1.165) is 6.42 Å². The minimum Gasteiger partial charge on any atom is -0.460 e. The Morgan fingerprint density at radius 2 is 1.95 bits per heavy atom. The van der Waals surface area contributed by atoms with Crippen LogP contribution >= 0.6 is 0 Å². The normalized spacial score (nSPS) is 43.6. The number of hydrogen-bond acceptors (Lipinski definition) is 5. The molecule has 3 aliphatic carbocycles. The quantitative estimate of drug-likeness (QED) is 0.589. The summed E-state index contributed by atoms with van der Waals surface area (Å²) in [5, 5.41) is 5.32. The van der Waals surface area contributed by atoms with Gasteiger partial charge in [0.25, 0.3) is 0 Å². The molecule has 0 bridgehead atoms. The van der Waals surface area contributed by atoms with E-state index in [-0.39, 0.29) is 12.5 Å². The van der Waals surface area contributed by atoms with Gasteiger partial charge in [-0.1, -0.05) is 0 Å². The van der Waals surface area contributed by atoms with Crippen LogP contribution in [0.1, 0.15) is 32.6 Å². The van der Waals surface area contributed by atoms with Gasteiger partial charge in [-0.25, -0.2) is 4.79 Å². The van der Waals surface area contributed by atoms with Crippen LogP contribution in [-0.4, -0.2) is 41.5 Å². The summed E-state index contributed by atoms with van der Waals surface area (Å²) < 4.78 is 60.4. The molecule has 0 aliphatic heterocycles. The largest absolute Gasteiger partial charge is 0.465 e. The van der Waals surface area contributed by atoms with Gasteiger partial charge in [-0.05, 0) is 50.4 Å². The Morgan fingerprint density at radius 1 is 1.36 bits per heavy atom. The second-order valence-corrected chi connectivity index (χ2v) is 8.76. The predicted molar refractivity (Wildman–Crippen MR) is 69.4 cm³/mol. The SMILES string of the molecule is CC1(O)CC2CC3CC(COC(=O)C(F)(F)S(=O)(=O)O)(C1)C23. The number of aliphatic hydroxyl groups is 1. The second kappa shape index (κ2) is 4.39. The summed E-state index contributed by atoms with van der Waals surface area (Å²) in [6.45, 7) is 1.32. The predicted octanol–water partition coefficient (Wildman–Crippen LogP) is 1.20. The van der Waals surface area contributed by atoms with Crippen molar-refractivity contribution in [2.75, 3.05) is 6.61 Å². The van der Waals surface area contributed by atoms with Crippen LogP contribution in [0.3, 0.4) is 0 Å². The highest BCUT2D eigenvalue weighted by Crippen LogP contribution is 2.71. The average molecular weight is 340 g/mol. The Morgan fingerprint density at radius 3 is 2.50 bits per heavy atom. The number of esters is 1. The lowest BCUT2D eigenvalue weighted by Crippen LogP contribution is -2.67. The van der Waals surface area contributed by atoms with Crippen LogP contribution in [0.5, 0.6) is 0 Å². The van der Waals surface area contributed by atoms with Crippen molar-refractivity contribution >= 4 is 16.1 Å². The topological polar surface area (TPSA) is 101 Å². The molecule has 3 aliphatic rings. The zero-order chi connectivity index (χ0) is 16.6. The lowest BCUT2D eigenvalue weighted by Gasteiger charge is -2.70. The molecule has 6 nitrogen and oxygen atoms in total. The first-order valence-electron chi connectivity index (χ1n) is 7.12. The minimum atomic E-state index is -5.85. The fraction of sp³-hybridized carbons (Fsp3) is 0.923. The number of carbonyl (C=O) groups excluding carboxylic acids is 1. The van der Waals surface area contributed by atoms with Gasteiger partial charge in [-0.2, -0.15) is 17.2 Å². The standard InChI is InChI=1S/C13H18F2O6S/c1-11(17)3-7-2-8-4-12(5-11,9(7)8)6-21-10(16)13(14,15)22(18,19)20/h7-9,17H,2-6H2,1H3,(H,18,19,20). The smallest absolute Gasteiger partial charge is 0.460 e. The minimum absolute atomic E-state index is 0.236. The maximum Gasteiger partial charge on any atom is 0.465 e. The summed E-state index contributed by atoms with van der Waals surface area (Å²) in [6.07, 6.45) is 2.64. The van der Waals surface area contributed by atoms with Crippen LogP contribution in [-0.2, 0) is 19.6 Å². The molecule has 3 saturated carbocycles. The van der Waals surface area contributed by atoms with Crippen molar-refractivity contribution in [1.82, 2.24) is 0 Å². The van der Waals surface area contributed by atoms with Crippen molar-refractivity contribution in [3.63, 3.8) is 0 Å². The molecular weight excluding hydrogens is 322 g/mol. The van der Waals surface area contributed by atoms with Gasteiger partial charge < -0.3 is 9.84 Å². The monoisotopic (exact) mass is 340 g/mol. The van der Waals surface area contributed by atoms with E-state index in [4.69, 9.17) is 4.55 Å². The van der Waals surface area contributed by atoms with Gasteiger partial charge in [0.1, 0.15) is 0 Å². The van der Waals surface area contributed by atoms with E-state index in [2.05, 4.69) is 4.74 Å². The molecule has 126 valence electrons. The number of rotatable bonds is 4. The van der Waals surface area contributed by atoms with Gasteiger partial charge in [0, 0.05) is 5.41 Å². The van der Waals surface area contributed by atoms with E-state index in [1.54, 1.807) is 6.92 Å². The van der Waals surface area contributed by atoms with Gasteiger partial charge in [0.05, 0.1) is 12.2 Å². The number of ether oxygens (including phenoxy) is 1. The molecule has 22 heavy (non-hydrogen) atoms. The third kappa shape index (κ3) is 2.16. The van der Waals surface area contributed by atoms with Crippen LogP contribution in [0.2, 0.25) is 0 Å². The van der Waals surface area contributed by atoms with Crippen LogP contribution in [0.4, 0.5) is 8.78 Å². The molecule has 2 N–H and O–H groups in total. The van der Waals surface area contributed by atoms with Gasteiger partial charge in [-0.15, -0.1) is 0 Å². The number of alkyl halides is 2. The Hall–Kier alpha value is -0.800. The molecule has 3 rings (SSSR count). The molecule has 0 aromatic carbocycles. The fourth-order valence-electron chi connectivity index (χ4n) is 4.98. The first-order chi connectivity index (χ1) is 9.88. The lowest BCUT2D eigenvalue weighted by atomic mass is 9.35. The molecule has 0 amide bonds. The molecule has 0 saturated heterocycles. The molecule has 5 atom stereocenters. The van der Waals surface area contributed by atoms with Crippen molar-refractivity contribution in [3.8, 4) is 0 Å². The van der Waals surface area contributed by atoms with Crippen LogP contribution < -0.4 is 0 Å². The van der Waals surface area contributed by atoms with E-state index in [1.807, 2.05) is 0 Å². The van der Waals surface area contributed by atoms with Gasteiger partial charge in [0.2, 0.25) is 0 Å². The van der Waals surface area contributed by atoms with Crippen molar-refractivity contribution in [1.29, 1.82) is 0 Å². The number of carbonyl (C=O) groups is 1. The highest BCUT2D eigenvalue weighted by molar-refractivity contribution is 7.87. The summed E-state index contributed by atoms with van der Waals surface area (Å²) in [5.74, 6) is -1.26. The lowest BCUT2D eigenvalue weighted by molar-refractivity contribution is -0.259. The number of halogens is 2. The molecule has 0 spiro atoms. The zero-order valence-electron chi connectivity index (χ0n) is 12.0. The third-order valence-corrected chi connectivity index (χ3v) is 6.30. The summed E-state index contributed by atoms with van der Waals surface area (Å²) in [6, 6.07) is 0. The van der Waals surface area contributed by atoms with Crippen LogP contribution in [0.15, 0.2) is 0 Å². The Kier molecular flexibility index (Phi) is 3.20. The first kappa shape index (κ1) is 16.1. The third-order valence-electron chi connectivity index (χ3n) is 5.48. The van der Waals surface area contributed by atoms with E-state index in [9.17, 15) is 27.1 Å². The molecule has 5 unspecified atom stereocenters. The van der Waals surface area contributed by atoms with Crippen molar-refractivity contribution in [2.24, 2.45) is 23.2 Å². The molecular formula is C13H18F2O6S. The van der Waals surface area contributed by atoms with Crippen molar-refractivity contribution in [3.05, 3.63) is 0 Å². The van der Waals surface area contributed by atoms with Gasteiger partial charge >= 0.3 is 21.3 Å². The zero-order valence-corrected chi connectivity index (χ0v) is 12.8. The second-order valence-electron chi connectivity index (χ2n) is 7.29. The molecule has 0 aromatic rings. The van der Waals surface area contributed by atoms with Crippen molar-refractivity contribution in [2.45, 2.75) is 43.5 Å². The summed E-state index contributed by atoms with van der Waals surface area (Å²) >= 11 is 0. The maximum atomic E-state index is 13.2. The van der Waals surface area contributed by atoms with Crippen LogP contribution in [0, 0.1) is 23.2 Å². The van der Waals surface area contributed by atoms with E-state index in [0.29, 0.717) is 31.1 Å². The Labute approximate surface area is 126 Å². The van der Waals surface area contributed by atoms with E-state index >= 15 is 0 Å².